The van der Waals surface area contributed by atoms with E-state index >= 15 is 0 Å². The molecule has 7 heteroatoms. The van der Waals surface area contributed by atoms with Gasteiger partial charge >= 0.3 is 5.97 Å². The lowest BCUT2D eigenvalue weighted by Crippen LogP contribution is -2.39. The second-order valence-corrected chi connectivity index (χ2v) is 6.89. The minimum Gasteiger partial charge on any atom is -0.465 e. The lowest BCUT2D eigenvalue weighted by Gasteiger charge is -2.20. The molecule has 0 aromatic heterocycles. The molecule has 0 spiro atoms. The SMILES string of the molecule is CCOC(=O)C(C)(C)C(=O)CS(=O)(=O)CCCOC. The number of carbonyl (C=O) groups is 2. The minimum absolute atomic E-state index is 0.133. The van der Waals surface area contributed by atoms with Gasteiger partial charge in [-0.25, -0.2) is 8.42 Å². The van der Waals surface area contributed by atoms with Gasteiger partial charge in [-0.2, -0.15) is 0 Å². The Labute approximate surface area is 114 Å². The second kappa shape index (κ2) is 7.59. The van der Waals surface area contributed by atoms with Crippen molar-refractivity contribution >= 4 is 21.6 Å². The number of esters is 1. The van der Waals surface area contributed by atoms with Crippen LogP contribution in [0, 0.1) is 5.41 Å². The van der Waals surface area contributed by atoms with Crippen molar-refractivity contribution in [1.29, 1.82) is 0 Å². The average Bonchev–Trinajstić information content (AvgIpc) is 2.28. The van der Waals surface area contributed by atoms with Gasteiger partial charge in [-0.05, 0) is 27.2 Å². The van der Waals surface area contributed by atoms with Gasteiger partial charge in [-0.1, -0.05) is 0 Å². The lowest BCUT2D eigenvalue weighted by atomic mass is 9.89. The third-order valence-corrected chi connectivity index (χ3v) is 4.25. The summed E-state index contributed by atoms with van der Waals surface area (Å²) in [6.07, 6.45) is 0.325. The summed E-state index contributed by atoms with van der Waals surface area (Å²) in [4.78, 5) is 23.5. The van der Waals surface area contributed by atoms with E-state index in [0.29, 0.717) is 13.0 Å². The van der Waals surface area contributed by atoms with E-state index in [-0.39, 0.29) is 12.4 Å². The van der Waals surface area contributed by atoms with Crippen LogP contribution in [0.25, 0.3) is 0 Å². The maximum Gasteiger partial charge on any atom is 0.319 e. The third kappa shape index (κ3) is 6.15. The molecule has 0 rings (SSSR count). The van der Waals surface area contributed by atoms with Crippen molar-refractivity contribution in [3.05, 3.63) is 0 Å². The fourth-order valence-electron chi connectivity index (χ4n) is 1.30. The van der Waals surface area contributed by atoms with Crippen molar-refractivity contribution in [3.63, 3.8) is 0 Å². The number of Topliss-reactive ketones (excluding diaryl/α,β-unsaturated/α-hetero) is 1. The Hall–Kier alpha value is -0.950. The number of sulfone groups is 1. The Balaban J connectivity index is 4.62. The summed E-state index contributed by atoms with van der Waals surface area (Å²) < 4.78 is 33.0. The van der Waals surface area contributed by atoms with Gasteiger partial charge in [0, 0.05) is 13.7 Å². The van der Waals surface area contributed by atoms with Crippen LogP contribution in [-0.2, 0) is 28.9 Å². The molecule has 0 atom stereocenters. The Kier molecular flexibility index (Phi) is 7.21. The van der Waals surface area contributed by atoms with E-state index in [0.717, 1.165) is 0 Å². The minimum atomic E-state index is -3.52. The second-order valence-electron chi connectivity index (χ2n) is 4.71. The van der Waals surface area contributed by atoms with Crippen molar-refractivity contribution in [1.82, 2.24) is 0 Å². The first-order valence-corrected chi connectivity index (χ1v) is 7.89. The molecule has 0 N–H and O–H groups in total. The fourth-order valence-corrected chi connectivity index (χ4v) is 2.76. The van der Waals surface area contributed by atoms with Gasteiger partial charge in [0.1, 0.15) is 11.2 Å². The zero-order chi connectivity index (χ0) is 15.1. The van der Waals surface area contributed by atoms with Crippen LogP contribution < -0.4 is 0 Å². The molecular formula is C12H22O6S. The molecule has 0 saturated carbocycles. The molecule has 6 nitrogen and oxygen atoms in total. The summed E-state index contributed by atoms with van der Waals surface area (Å²) >= 11 is 0. The highest BCUT2D eigenvalue weighted by molar-refractivity contribution is 7.92. The first-order chi connectivity index (χ1) is 8.67. The largest absolute Gasteiger partial charge is 0.465 e. The Bertz CT molecular complexity index is 410. The molecule has 0 aliphatic rings. The van der Waals surface area contributed by atoms with E-state index < -0.39 is 32.8 Å². The van der Waals surface area contributed by atoms with E-state index in [4.69, 9.17) is 9.47 Å². The van der Waals surface area contributed by atoms with E-state index in [1.807, 2.05) is 0 Å². The van der Waals surface area contributed by atoms with Crippen LogP contribution >= 0.6 is 0 Å². The zero-order valence-corrected chi connectivity index (χ0v) is 12.7. The smallest absolute Gasteiger partial charge is 0.319 e. The molecule has 0 heterocycles. The number of rotatable bonds is 9. The first-order valence-electron chi connectivity index (χ1n) is 6.07. The van der Waals surface area contributed by atoms with Crippen molar-refractivity contribution in [2.24, 2.45) is 5.41 Å². The van der Waals surface area contributed by atoms with Gasteiger partial charge in [0.15, 0.2) is 15.6 Å². The maximum absolute atomic E-state index is 11.9. The average molecular weight is 294 g/mol. The lowest BCUT2D eigenvalue weighted by molar-refractivity contribution is -0.157. The molecule has 0 bridgehead atoms. The highest BCUT2D eigenvalue weighted by atomic mass is 32.2. The fraction of sp³-hybridized carbons (Fsp3) is 0.833. The van der Waals surface area contributed by atoms with Crippen LogP contribution in [0.2, 0.25) is 0 Å². The summed E-state index contributed by atoms with van der Waals surface area (Å²) in [7, 11) is -2.05. The van der Waals surface area contributed by atoms with E-state index in [1.54, 1.807) is 6.92 Å². The number of hydrogen-bond donors (Lipinski definition) is 0. The van der Waals surface area contributed by atoms with Crippen LogP contribution in [-0.4, -0.2) is 52.0 Å². The Morgan fingerprint density at radius 2 is 1.79 bits per heavy atom. The number of hydrogen-bond acceptors (Lipinski definition) is 6. The standard InChI is InChI=1S/C12H22O6S/c1-5-18-11(14)12(2,3)10(13)9-19(15,16)8-6-7-17-4/h5-9H2,1-4H3. The molecule has 0 amide bonds. The van der Waals surface area contributed by atoms with Crippen LogP contribution in [0.5, 0.6) is 0 Å². The number of carbonyl (C=O) groups excluding carboxylic acids is 2. The Morgan fingerprint density at radius 1 is 1.21 bits per heavy atom. The quantitative estimate of drug-likeness (QED) is 0.351. The molecule has 0 unspecified atom stereocenters. The predicted molar refractivity (Wildman–Crippen MR) is 70.6 cm³/mol. The molecule has 0 fully saturated rings. The summed E-state index contributed by atoms with van der Waals surface area (Å²) in [5, 5.41) is 0. The normalized spacial score (nSPS) is 12.2. The van der Waals surface area contributed by atoms with Crippen molar-refractivity contribution < 1.29 is 27.5 Å². The Morgan fingerprint density at radius 3 is 2.26 bits per heavy atom. The third-order valence-electron chi connectivity index (χ3n) is 2.64. The molecule has 0 aliphatic heterocycles. The monoisotopic (exact) mass is 294 g/mol. The maximum atomic E-state index is 11.9. The molecule has 0 radical (unpaired) electrons. The molecule has 0 saturated heterocycles. The van der Waals surface area contributed by atoms with Gasteiger partial charge in [0.2, 0.25) is 0 Å². The predicted octanol–water partition coefficient (Wildman–Crippen LogP) is 0.596. The summed E-state index contributed by atoms with van der Waals surface area (Å²) in [6.45, 7) is 4.83. The highest BCUT2D eigenvalue weighted by Crippen LogP contribution is 2.20. The summed E-state index contributed by atoms with van der Waals surface area (Å²) in [6, 6.07) is 0. The van der Waals surface area contributed by atoms with E-state index in [2.05, 4.69) is 0 Å². The van der Waals surface area contributed by atoms with Gasteiger partial charge in [0.25, 0.3) is 0 Å². The molecular weight excluding hydrogens is 272 g/mol. The zero-order valence-electron chi connectivity index (χ0n) is 11.9. The molecule has 112 valence electrons. The molecule has 19 heavy (non-hydrogen) atoms. The van der Waals surface area contributed by atoms with Gasteiger partial charge in [0.05, 0.1) is 12.4 Å². The highest BCUT2D eigenvalue weighted by Gasteiger charge is 2.39. The first kappa shape index (κ1) is 18.0. The molecule has 0 aromatic rings. The summed E-state index contributed by atoms with van der Waals surface area (Å²) in [5.74, 6) is -2.14. The van der Waals surface area contributed by atoms with Crippen molar-refractivity contribution in [3.8, 4) is 0 Å². The number of ether oxygens (including phenoxy) is 2. The van der Waals surface area contributed by atoms with E-state index in [1.165, 1.54) is 21.0 Å². The van der Waals surface area contributed by atoms with E-state index in [9.17, 15) is 18.0 Å². The number of methoxy groups -OCH3 is 1. The number of ketones is 1. The van der Waals surface area contributed by atoms with Crippen LogP contribution in [0.15, 0.2) is 0 Å². The van der Waals surface area contributed by atoms with Gasteiger partial charge in [-0.15, -0.1) is 0 Å². The topological polar surface area (TPSA) is 86.7 Å². The van der Waals surface area contributed by atoms with Crippen LogP contribution in [0.1, 0.15) is 27.2 Å². The van der Waals surface area contributed by atoms with Gasteiger partial charge in [-0.3, -0.25) is 9.59 Å². The van der Waals surface area contributed by atoms with Crippen molar-refractivity contribution in [2.75, 3.05) is 31.8 Å². The molecule has 0 aromatic carbocycles. The molecule has 0 aliphatic carbocycles. The van der Waals surface area contributed by atoms with Crippen molar-refractivity contribution in [2.45, 2.75) is 27.2 Å². The summed E-state index contributed by atoms with van der Waals surface area (Å²) in [5.41, 5.74) is -1.44. The van der Waals surface area contributed by atoms with Crippen LogP contribution in [0.4, 0.5) is 0 Å². The van der Waals surface area contributed by atoms with Gasteiger partial charge < -0.3 is 9.47 Å². The van der Waals surface area contributed by atoms with Crippen LogP contribution in [0.3, 0.4) is 0 Å².